The molecular formula is C11H14N2O6S. The fourth-order valence-corrected chi connectivity index (χ4v) is 2.60. The van der Waals surface area contributed by atoms with Crippen molar-refractivity contribution in [3.63, 3.8) is 0 Å². The zero-order valence-electron chi connectivity index (χ0n) is 10.4. The maximum absolute atomic E-state index is 11.7. The normalized spacial score (nSPS) is 11.0. The second-order valence-electron chi connectivity index (χ2n) is 4.03. The van der Waals surface area contributed by atoms with Crippen LogP contribution in [0.3, 0.4) is 0 Å². The molecule has 5 N–H and O–H groups in total. The molecule has 0 aliphatic rings. The Balaban J connectivity index is 2.87. The van der Waals surface area contributed by atoms with Gasteiger partial charge in [-0.3, -0.25) is 9.52 Å². The van der Waals surface area contributed by atoms with E-state index in [-0.39, 0.29) is 29.8 Å². The molecule has 0 aromatic heterocycles. The number of hydrogen-bond acceptors (Lipinski definition) is 5. The molecule has 0 radical (unpaired) electrons. The molecule has 110 valence electrons. The summed E-state index contributed by atoms with van der Waals surface area (Å²) in [7, 11) is -3.82. The summed E-state index contributed by atoms with van der Waals surface area (Å²) in [6.07, 6.45) is -0.351. The van der Waals surface area contributed by atoms with Crippen molar-refractivity contribution in [1.29, 1.82) is 0 Å². The summed E-state index contributed by atoms with van der Waals surface area (Å²) in [5.74, 6) is -2.83. The molecule has 20 heavy (non-hydrogen) atoms. The van der Waals surface area contributed by atoms with E-state index in [2.05, 4.69) is 4.72 Å². The van der Waals surface area contributed by atoms with Gasteiger partial charge in [-0.15, -0.1) is 0 Å². The van der Waals surface area contributed by atoms with Crippen molar-refractivity contribution in [3.05, 3.63) is 23.8 Å². The first-order valence-electron chi connectivity index (χ1n) is 5.56. The summed E-state index contributed by atoms with van der Waals surface area (Å²) in [5, 5.41) is 17.4. The SMILES string of the molecule is Nc1ccc(NS(=O)(=O)CCCC(=O)O)c(C(=O)O)c1. The van der Waals surface area contributed by atoms with Crippen LogP contribution in [0.15, 0.2) is 18.2 Å². The van der Waals surface area contributed by atoms with Gasteiger partial charge < -0.3 is 15.9 Å². The molecule has 9 heteroatoms. The lowest BCUT2D eigenvalue weighted by molar-refractivity contribution is -0.137. The van der Waals surface area contributed by atoms with E-state index in [0.29, 0.717) is 0 Å². The molecule has 0 unspecified atom stereocenters. The zero-order valence-corrected chi connectivity index (χ0v) is 11.2. The standard InChI is InChI=1S/C11H14N2O6S/c12-7-3-4-9(8(6-7)11(16)17)13-20(18,19)5-1-2-10(14)15/h3-4,6,13H,1-2,5,12H2,(H,14,15)(H,16,17). The van der Waals surface area contributed by atoms with Crippen LogP contribution in [0, 0.1) is 0 Å². The lowest BCUT2D eigenvalue weighted by Gasteiger charge is -2.10. The molecular weight excluding hydrogens is 288 g/mol. The predicted octanol–water partition coefficient (Wildman–Crippen LogP) is 0.574. The van der Waals surface area contributed by atoms with Crippen molar-refractivity contribution < 1.29 is 28.2 Å². The highest BCUT2D eigenvalue weighted by atomic mass is 32.2. The molecule has 8 nitrogen and oxygen atoms in total. The van der Waals surface area contributed by atoms with Crippen LogP contribution in [0.1, 0.15) is 23.2 Å². The van der Waals surface area contributed by atoms with Gasteiger partial charge in [0.15, 0.2) is 0 Å². The minimum absolute atomic E-state index is 0.0674. The Morgan fingerprint density at radius 2 is 1.90 bits per heavy atom. The van der Waals surface area contributed by atoms with E-state index in [0.717, 1.165) is 6.07 Å². The molecule has 1 aromatic carbocycles. The minimum atomic E-state index is -3.82. The number of anilines is 2. The topological polar surface area (TPSA) is 147 Å². The molecule has 0 aliphatic carbocycles. The van der Waals surface area contributed by atoms with Gasteiger partial charge in [-0.1, -0.05) is 0 Å². The Hall–Kier alpha value is -2.29. The number of sulfonamides is 1. The summed E-state index contributed by atoms with van der Waals surface area (Å²) in [4.78, 5) is 21.3. The van der Waals surface area contributed by atoms with Crippen LogP contribution in [0.2, 0.25) is 0 Å². The molecule has 0 bridgehead atoms. The molecule has 0 saturated heterocycles. The predicted molar refractivity (Wildman–Crippen MR) is 72.1 cm³/mol. The number of carboxylic acid groups (broad SMARTS) is 2. The fraction of sp³-hybridized carbons (Fsp3) is 0.273. The summed E-state index contributed by atoms with van der Waals surface area (Å²) >= 11 is 0. The van der Waals surface area contributed by atoms with E-state index >= 15 is 0 Å². The van der Waals surface area contributed by atoms with Gasteiger partial charge in [0, 0.05) is 12.1 Å². The number of carbonyl (C=O) groups is 2. The van der Waals surface area contributed by atoms with E-state index in [9.17, 15) is 18.0 Å². The van der Waals surface area contributed by atoms with E-state index in [1.54, 1.807) is 0 Å². The van der Waals surface area contributed by atoms with Gasteiger partial charge >= 0.3 is 11.9 Å². The van der Waals surface area contributed by atoms with Crippen LogP contribution in [-0.4, -0.2) is 36.3 Å². The van der Waals surface area contributed by atoms with E-state index < -0.39 is 27.7 Å². The first-order valence-corrected chi connectivity index (χ1v) is 7.21. The minimum Gasteiger partial charge on any atom is -0.481 e. The van der Waals surface area contributed by atoms with Gasteiger partial charge in [-0.05, 0) is 24.6 Å². The average molecular weight is 302 g/mol. The molecule has 1 aromatic rings. The number of carboxylic acids is 2. The molecule has 0 fully saturated rings. The number of aliphatic carboxylic acids is 1. The number of hydrogen-bond donors (Lipinski definition) is 4. The van der Waals surface area contributed by atoms with E-state index in [1.807, 2.05) is 0 Å². The zero-order chi connectivity index (χ0) is 15.3. The molecule has 0 aliphatic heterocycles. The van der Waals surface area contributed by atoms with Crippen molar-refractivity contribution in [3.8, 4) is 0 Å². The first-order chi connectivity index (χ1) is 9.21. The van der Waals surface area contributed by atoms with Crippen LogP contribution >= 0.6 is 0 Å². The number of nitrogens with one attached hydrogen (secondary N) is 1. The van der Waals surface area contributed by atoms with Gasteiger partial charge in [0.05, 0.1) is 17.0 Å². The number of nitrogens with two attached hydrogens (primary N) is 1. The summed E-state index contributed by atoms with van der Waals surface area (Å²) in [6, 6.07) is 3.74. The van der Waals surface area contributed by atoms with Gasteiger partial charge in [0.2, 0.25) is 10.0 Å². The Kier molecular flexibility index (Phi) is 4.92. The molecule has 0 heterocycles. The monoisotopic (exact) mass is 302 g/mol. The van der Waals surface area contributed by atoms with Crippen molar-refractivity contribution in [1.82, 2.24) is 0 Å². The highest BCUT2D eigenvalue weighted by Gasteiger charge is 2.17. The van der Waals surface area contributed by atoms with Crippen molar-refractivity contribution >= 4 is 33.3 Å². The Morgan fingerprint density at radius 3 is 2.45 bits per heavy atom. The number of rotatable bonds is 7. The quantitative estimate of drug-likeness (QED) is 0.538. The highest BCUT2D eigenvalue weighted by molar-refractivity contribution is 7.92. The van der Waals surface area contributed by atoms with E-state index in [4.69, 9.17) is 15.9 Å². The molecule has 0 spiro atoms. The highest BCUT2D eigenvalue weighted by Crippen LogP contribution is 2.20. The van der Waals surface area contributed by atoms with Crippen molar-refractivity contribution in [2.45, 2.75) is 12.8 Å². The van der Waals surface area contributed by atoms with Crippen LogP contribution in [0.4, 0.5) is 11.4 Å². The lowest BCUT2D eigenvalue weighted by atomic mass is 10.1. The maximum atomic E-state index is 11.7. The third-order valence-electron chi connectivity index (χ3n) is 2.34. The van der Waals surface area contributed by atoms with Gasteiger partial charge in [-0.2, -0.15) is 0 Å². The maximum Gasteiger partial charge on any atom is 0.337 e. The van der Waals surface area contributed by atoms with Crippen LogP contribution < -0.4 is 10.5 Å². The Bertz CT molecular complexity index is 626. The third kappa shape index (κ3) is 4.76. The van der Waals surface area contributed by atoms with Crippen LogP contribution in [0.25, 0.3) is 0 Å². The van der Waals surface area contributed by atoms with Crippen molar-refractivity contribution in [2.24, 2.45) is 0 Å². The second kappa shape index (κ2) is 6.24. The largest absolute Gasteiger partial charge is 0.481 e. The lowest BCUT2D eigenvalue weighted by Crippen LogP contribution is -2.19. The van der Waals surface area contributed by atoms with Gasteiger partial charge in [-0.25, -0.2) is 13.2 Å². The van der Waals surface area contributed by atoms with E-state index in [1.165, 1.54) is 12.1 Å². The molecule has 1 rings (SSSR count). The van der Waals surface area contributed by atoms with Crippen molar-refractivity contribution in [2.75, 3.05) is 16.2 Å². The molecule has 0 saturated carbocycles. The average Bonchev–Trinajstić information content (AvgIpc) is 2.30. The summed E-state index contributed by atoms with van der Waals surface area (Å²) in [5.41, 5.74) is 5.25. The summed E-state index contributed by atoms with van der Waals surface area (Å²) in [6.45, 7) is 0. The fourth-order valence-electron chi connectivity index (χ4n) is 1.46. The molecule has 0 atom stereocenters. The Labute approximate surface area is 115 Å². The first kappa shape index (κ1) is 15.8. The third-order valence-corrected chi connectivity index (χ3v) is 3.70. The Morgan fingerprint density at radius 1 is 1.25 bits per heavy atom. The summed E-state index contributed by atoms with van der Waals surface area (Å²) < 4.78 is 25.5. The van der Waals surface area contributed by atoms with Crippen LogP contribution in [0.5, 0.6) is 0 Å². The molecule has 0 amide bonds. The van der Waals surface area contributed by atoms with Gasteiger partial charge in [0.1, 0.15) is 0 Å². The van der Waals surface area contributed by atoms with Gasteiger partial charge in [0.25, 0.3) is 0 Å². The number of aromatic carboxylic acids is 1. The number of nitrogen functional groups attached to an aromatic ring is 1. The second-order valence-corrected chi connectivity index (χ2v) is 5.87. The smallest absolute Gasteiger partial charge is 0.337 e. The number of benzene rings is 1. The van der Waals surface area contributed by atoms with Crippen LogP contribution in [-0.2, 0) is 14.8 Å².